The lowest BCUT2D eigenvalue weighted by Gasteiger charge is -2.35. The fraction of sp³-hybridized carbons (Fsp3) is 1.00. The summed E-state index contributed by atoms with van der Waals surface area (Å²) >= 11 is 0. The zero-order chi connectivity index (χ0) is 8.43. The van der Waals surface area contributed by atoms with E-state index >= 15 is 0 Å². The lowest BCUT2D eigenvalue weighted by Crippen LogP contribution is -2.51. The summed E-state index contributed by atoms with van der Waals surface area (Å²) in [6.45, 7) is 5.79. The van der Waals surface area contributed by atoms with Crippen molar-refractivity contribution in [3.8, 4) is 0 Å². The number of nitrogens with two attached hydrogens (primary N) is 1. The van der Waals surface area contributed by atoms with E-state index in [2.05, 4.69) is 18.7 Å². The van der Waals surface area contributed by atoms with Crippen LogP contribution in [0.3, 0.4) is 0 Å². The molecule has 0 spiro atoms. The summed E-state index contributed by atoms with van der Waals surface area (Å²) in [5.74, 6) is 0. The largest absolute Gasteiger partial charge is 0.324 e. The summed E-state index contributed by atoms with van der Waals surface area (Å²) in [6.07, 6.45) is -0.190. The quantitative estimate of drug-likeness (QED) is 0.614. The van der Waals surface area contributed by atoms with Crippen molar-refractivity contribution in [3.05, 3.63) is 0 Å². The molecular weight excluding hydrogens is 143 g/mol. The van der Waals surface area contributed by atoms with Gasteiger partial charge in [-0.25, -0.2) is 4.39 Å². The molecule has 0 saturated carbocycles. The minimum absolute atomic E-state index is 0.272. The Balaban J connectivity index is 2.40. The van der Waals surface area contributed by atoms with Gasteiger partial charge in [0.25, 0.3) is 0 Å². The Bertz CT molecular complexity index is 127. The molecule has 1 aliphatic heterocycles. The SMILES string of the molecule is CC(C)N1CC[C@H](F)[C@@H](N)C1. The number of hydrogen-bond acceptors (Lipinski definition) is 2. The first kappa shape index (κ1) is 8.94. The van der Waals surface area contributed by atoms with Gasteiger partial charge >= 0.3 is 0 Å². The van der Waals surface area contributed by atoms with Gasteiger partial charge in [0, 0.05) is 25.2 Å². The van der Waals surface area contributed by atoms with Crippen LogP contribution >= 0.6 is 0 Å². The van der Waals surface area contributed by atoms with Crippen LogP contribution in [0.1, 0.15) is 20.3 Å². The smallest absolute Gasteiger partial charge is 0.118 e. The van der Waals surface area contributed by atoms with Crippen LogP contribution in [-0.2, 0) is 0 Å². The maximum absolute atomic E-state index is 12.9. The van der Waals surface area contributed by atoms with Crippen LogP contribution in [0.5, 0.6) is 0 Å². The Hall–Kier alpha value is -0.150. The number of halogens is 1. The third kappa shape index (κ3) is 2.14. The average Bonchev–Trinajstić information content (AvgIpc) is 1.94. The first-order valence-corrected chi connectivity index (χ1v) is 4.25. The fourth-order valence-electron chi connectivity index (χ4n) is 1.45. The highest BCUT2D eigenvalue weighted by molar-refractivity contribution is 4.84. The molecule has 1 rings (SSSR count). The Morgan fingerprint density at radius 3 is 2.64 bits per heavy atom. The molecule has 2 nitrogen and oxygen atoms in total. The minimum Gasteiger partial charge on any atom is -0.324 e. The minimum atomic E-state index is -0.787. The molecule has 0 radical (unpaired) electrons. The molecule has 1 fully saturated rings. The monoisotopic (exact) mass is 160 g/mol. The maximum Gasteiger partial charge on any atom is 0.118 e. The van der Waals surface area contributed by atoms with E-state index in [0.717, 1.165) is 6.54 Å². The van der Waals surface area contributed by atoms with Gasteiger partial charge in [-0.3, -0.25) is 4.90 Å². The van der Waals surface area contributed by atoms with Crippen molar-refractivity contribution in [2.75, 3.05) is 13.1 Å². The highest BCUT2D eigenvalue weighted by Gasteiger charge is 2.26. The van der Waals surface area contributed by atoms with E-state index in [9.17, 15) is 4.39 Å². The van der Waals surface area contributed by atoms with Gasteiger partial charge in [0.2, 0.25) is 0 Å². The Morgan fingerprint density at radius 1 is 1.55 bits per heavy atom. The molecule has 66 valence electrons. The van der Waals surface area contributed by atoms with Crippen LogP contribution in [0.2, 0.25) is 0 Å². The number of piperidine rings is 1. The summed E-state index contributed by atoms with van der Waals surface area (Å²) in [7, 11) is 0. The topological polar surface area (TPSA) is 29.3 Å². The van der Waals surface area contributed by atoms with Gasteiger partial charge in [0.15, 0.2) is 0 Å². The number of nitrogens with zero attached hydrogens (tertiary/aromatic N) is 1. The van der Waals surface area contributed by atoms with Crippen molar-refractivity contribution in [2.45, 2.75) is 38.5 Å². The number of likely N-dealkylation sites (tertiary alicyclic amines) is 1. The molecule has 0 aromatic heterocycles. The van der Waals surface area contributed by atoms with E-state index in [4.69, 9.17) is 5.73 Å². The first-order valence-electron chi connectivity index (χ1n) is 4.25. The van der Waals surface area contributed by atoms with Crippen LogP contribution in [0, 0.1) is 0 Å². The van der Waals surface area contributed by atoms with Crippen LogP contribution in [0.4, 0.5) is 4.39 Å². The second kappa shape index (κ2) is 3.50. The molecule has 1 heterocycles. The van der Waals surface area contributed by atoms with E-state index in [1.54, 1.807) is 0 Å². The highest BCUT2D eigenvalue weighted by atomic mass is 19.1. The van der Waals surface area contributed by atoms with Crippen molar-refractivity contribution < 1.29 is 4.39 Å². The highest BCUT2D eigenvalue weighted by Crippen LogP contribution is 2.14. The molecule has 3 heteroatoms. The number of rotatable bonds is 1. The van der Waals surface area contributed by atoms with Crippen molar-refractivity contribution >= 4 is 0 Å². The summed E-state index contributed by atoms with van der Waals surface area (Å²) in [4.78, 5) is 2.22. The molecule has 0 aromatic carbocycles. The molecule has 0 bridgehead atoms. The third-order valence-corrected chi connectivity index (χ3v) is 2.33. The first-order chi connectivity index (χ1) is 5.11. The van der Waals surface area contributed by atoms with Crippen LogP contribution in [0.25, 0.3) is 0 Å². The Morgan fingerprint density at radius 2 is 2.18 bits per heavy atom. The molecule has 0 aromatic rings. The van der Waals surface area contributed by atoms with E-state index in [-0.39, 0.29) is 6.04 Å². The molecule has 11 heavy (non-hydrogen) atoms. The molecule has 0 aliphatic carbocycles. The lowest BCUT2D eigenvalue weighted by molar-refractivity contribution is 0.104. The predicted octanol–water partition coefficient (Wildman–Crippen LogP) is 0.766. The van der Waals surface area contributed by atoms with E-state index in [1.165, 1.54) is 0 Å². The van der Waals surface area contributed by atoms with Crippen LogP contribution in [0.15, 0.2) is 0 Å². The molecule has 0 unspecified atom stereocenters. The van der Waals surface area contributed by atoms with Gasteiger partial charge in [0.05, 0.1) is 0 Å². The molecule has 2 N–H and O–H groups in total. The molecular formula is C8H17FN2. The maximum atomic E-state index is 12.9. The van der Waals surface area contributed by atoms with Gasteiger partial charge in [-0.15, -0.1) is 0 Å². The molecule has 0 amide bonds. The van der Waals surface area contributed by atoms with Crippen molar-refractivity contribution in [1.82, 2.24) is 4.90 Å². The number of hydrogen-bond donors (Lipinski definition) is 1. The van der Waals surface area contributed by atoms with Gasteiger partial charge < -0.3 is 5.73 Å². The summed E-state index contributed by atoms with van der Waals surface area (Å²) in [5, 5.41) is 0. The molecule has 2 atom stereocenters. The normalized spacial score (nSPS) is 34.6. The standard InChI is InChI=1S/C8H17FN2/c1-6(2)11-4-3-7(9)8(10)5-11/h6-8H,3-5,10H2,1-2H3/t7-,8-/m0/s1. The summed E-state index contributed by atoms with van der Waals surface area (Å²) in [6, 6.07) is 0.222. The zero-order valence-corrected chi connectivity index (χ0v) is 7.26. The van der Waals surface area contributed by atoms with E-state index < -0.39 is 6.17 Å². The van der Waals surface area contributed by atoms with Crippen LogP contribution in [-0.4, -0.2) is 36.2 Å². The lowest BCUT2D eigenvalue weighted by atomic mass is 10.0. The van der Waals surface area contributed by atoms with E-state index in [1.807, 2.05) is 0 Å². The third-order valence-electron chi connectivity index (χ3n) is 2.33. The Labute approximate surface area is 67.6 Å². The van der Waals surface area contributed by atoms with Crippen molar-refractivity contribution in [2.24, 2.45) is 5.73 Å². The average molecular weight is 160 g/mol. The Kier molecular flexibility index (Phi) is 2.84. The fourth-order valence-corrected chi connectivity index (χ4v) is 1.45. The summed E-state index contributed by atoms with van der Waals surface area (Å²) < 4.78 is 12.9. The van der Waals surface area contributed by atoms with Gasteiger partial charge in [-0.1, -0.05) is 0 Å². The van der Waals surface area contributed by atoms with Crippen molar-refractivity contribution in [3.63, 3.8) is 0 Å². The zero-order valence-electron chi connectivity index (χ0n) is 7.26. The van der Waals surface area contributed by atoms with Gasteiger partial charge in [-0.05, 0) is 20.3 Å². The van der Waals surface area contributed by atoms with Crippen LogP contribution < -0.4 is 5.73 Å². The van der Waals surface area contributed by atoms with Gasteiger partial charge in [-0.2, -0.15) is 0 Å². The summed E-state index contributed by atoms with van der Waals surface area (Å²) in [5.41, 5.74) is 5.59. The van der Waals surface area contributed by atoms with Gasteiger partial charge in [0.1, 0.15) is 6.17 Å². The second-order valence-electron chi connectivity index (χ2n) is 3.56. The predicted molar refractivity (Wildman–Crippen MR) is 44.2 cm³/mol. The molecule has 1 saturated heterocycles. The number of alkyl halides is 1. The second-order valence-corrected chi connectivity index (χ2v) is 3.56. The van der Waals surface area contributed by atoms with Crippen molar-refractivity contribution in [1.29, 1.82) is 0 Å². The molecule has 1 aliphatic rings. The van der Waals surface area contributed by atoms with E-state index in [0.29, 0.717) is 19.0 Å².